The second kappa shape index (κ2) is 6.43. The van der Waals surface area contributed by atoms with Crippen LogP contribution in [0.5, 0.6) is 0 Å². The standard InChI is InChI=1S/C13H15BrFN3S/c1-8(2)5-12-17-18-13(19-12)16-7-9-6-10(14)3-4-11(9)15/h3-4,6,8H,5,7H2,1-2H3,(H,16,18). The summed E-state index contributed by atoms with van der Waals surface area (Å²) in [6.45, 7) is 4.69. The second-order valence-corrected chi connectivity index (χ2v) is 6.67. The number of rotatable bonds is 5. The van der Waals surface area contributed by atoms with Crippen molar-refractivity contribution in [2.75, 3.05) is 5.32 Å². The summed E-state index contributed by atoms with van der Waals surface area (Å²) in [6.07, 6.45) is 0.921. The van der Waals surface area contributed by atoms with E-state index in [1.165, 1.54) is 17.4 Å². The van der Waals surface area contributed by atoms with Crippen molar-refractivity contribution >= 4 is 32.4 Å². The molecule has 0 aliphatic heterocycles. The van der Waals surface area contributed by atoms with Gasteiger partial charge in [-0.05, 0) is 24.1 Å². The molecule has 1 N–H and O–H groups in total. The van der Waals surface area contributed by atoms with E-state index in [-0.39, 0.29) is 5.82 Å². The van der Waals surface area contributed by atoms with Gasteiger partial charge in [-0.1, -0.05) is 41.1 Å². The van der Waals surface area contributed by atoms with Crippen LogP contribution >= 0.6 is 27.3 Å². The van der Waals surface area contributed by atoms with Gasteiger partial charge in [0.2, 0.25) is 5.13 Å². The molecule has 1 aromatic carbocycles. The number of aromatic nitrogens is 2. The Hall–Kier alpha value is -1.01. The van der Waals surface area contributed by atoms with Crippen molar-refractivity contribution < 1.29 is 4.39 Å². The molecule has 0 radical (unpaired) electrons. The lowest BCUT2D eigenvalue weighted by Gasteiger charge is -2.04. The van der Waals surface area contributed by atoms with Gasteiger partial charge in [-0.2, -0.15) is 0 Å². The fraction of sp³-hybridized carbons (Fsp3) is 0.385. The molecular formula is C13H15BrFN3S. The molecule has 0 aliphatic carbocycles. The molecule has 0 fully saturated rings. The maximum Gasteiger partial charge on any atom is 0.205 e. The Kier molecular flexibility index (Phi) is 4.87. The van der Waals surface area contributed by atoms with Crippen LogP contribution < -0.4 is 5.32 Å². The van der Waals surface area contributed by atoms with Crippen molar-refractivity contribution in [2.24, 2.45) is 5.92 Å². The summed E-state index contributed by atoms with van der Waals surface area (Å²) in [7, 11) is 0. The molecule has 0 amide bonds. The Balaban J connectivity index is 1.98. The van der Waals surface area contributed by atoms with Gasteiger partial charge >= 0.3 is 0 Å². The van der Waals surface area contributed by atoms with Crippen molar-refractivity contribution in [1.82, 2.24) is 10.2 Å². The Morgan fingerprint density at radius 1 is 1.37 bits per heavy atom. The molecular weight excluding hydrogens is 329 g/mol. The van der Waals surface area contributed by atoms with Gasteiger partial charge in [-0.25, -0.2) is 4.39 Å². The quantitative estimate of drug-likeness (QED) is 0.881. The fourth-order valence-electron chi connectivity index (χ4n) is 1.61. The van der Waals surface area contributed by atoms with Gasteiger partial charge in [0.25, 0.3) is 0 Å². The van der Waals surface area contributed by atoms with E-state index >= 15 is 0 Å². The average Bonchev–Trinajstić information content (AvgIpc) is 2.77. The average molecular weight is 344 g/mol. The largest absolute Gasteiger partial charge is 0.356 e. The zero-order valence-corrected chi connectivity index (χ0v) is 13.2. The summed E-state index contributed by atoms with van der Waals surface area (Å²) in [5.41, 5.74) is 0.606. The van der Waals surface area contributed by atoms with Crippen LogP contribution in [-0.2, 0) is 13.0 Å². The summed E-state index contributed by atoms with van der Waals surface area (Å²) < 4.78 is 14.4. The van der Waals surface area contributed by atoms with Crippen molar-refractivity contribution in [3.63, 3.8) is 0 Å². The number of nitrogens with one attached hydrogen (secondary N) is 1. The minimum Gasteiger partial charge on any atom is -0.356 e. The molecule has 19 heavy (non-hydrogen) atoms. The van der Waals surface area contributed by atoms with E-state index in [2.05, 4.69) is 45.3 Å². The highest BCUT2D eigenvalue weighted by molar-refractivity contribution is 9.10. The predicted molar refractivity (Wildman–Crippen MR) is 79.9 cm³/mol. The molecule has 1 heterocycles. The van der Waals surface area contributed by atoms with Crippen molar-refractivity contribution in [1.29, 1.82) is 0 Å². The fourth-order valence-corrected chi connectivity index (χ4v) is 2.96. The van der Waals surface area contributed by atoms with Crippen LogP contribution in [-0.4, -0.2) is 10.2 Å². The van der Waals surface area contributed by atoms with E-state index in [0.29, 0.717) is 18.0 Å². The molecule has 0 bridgehead atoms. The lowest BCUT2D eigenvalue weighted by molar-refractivity contribution is 0.612. The highest BCUT2D eigenvalue weighted by atomic mass is 79.9. The molecule has 0 atom stereocenters. The van der Waals surface area contributed by atoms with Gasteiger partial charge in [-0.3, -0.25) is 0 Å². The van der Waals surface area contributed by atoms with Gasteiger partial charge in [0.1, 0.15) is 10.8 Å². The first kappa shape index (κ1) is 14.4. The molecule has 102 valence electrons. The van der Waals surface area contributed by atoms with Gasteiger partial charge in [-0.15, -0.1) is 10.2 Å². The van der Waals surface area contributed by atoms with Crippen LogP contribution in [0.1, 0.15) is 24.4 Å². The van der Waals surface area contributed by atoms with Gasteiger partial charge in [0, 0.05) is 23.0 Å². The van der Waals surface area contributed by atoms with E-state index in [4.69, 9.17) is 0 Å². The zero-order chi connectivity index (χ0) is 13.8. The monoisotopic (exact) mass is 343 g/mol. The van der Waals surface area contributed by atoms with E-state index in [1.807, 2.05) is 0 Å². The van der Waals surface area contributed by atoms with Crippen LogP contribution in [0.4, 0.5) is 9.52 Å². The summed E-state index contributed by atoms with van der Waals surface area (Å²) in [6, 6.07) is 4.90. The number of benzene rings is 1. The Morgan fingerprint density at radius 3 is 2.89 bits per heavy atom. The topological polar surface area (TPSA) is 37.8 Å². The molecule has 0 spiro atoms. The molecule has 1 aromatic heterocycles. The van der Waals surface area contributed by atoms with Crippen LogP contribution in [0.15, 0.2) is 22.7 Å². The smallest absolute Gasteiger partial charge is 0.205 e. The van der Waals surface area contributed by atoms with Crippen molar-refractivity contribution in [2.45, 2.75) is 26.8 Å². The predicted octanol–water partition coefficient (Wildman–Crippen LogP) is 4.25. The molecule has 2 aromatic rings. The first-order valence-corrected chi connectivity index (χ1v) is 7.65. The third kappa shape index (κ3) is 4.24. The number of nitrogens with zero attached hydrogens (tertiary/aromatic N) is 2. The third-order valence-corrected chi connectivity index (χ3v) is 3.88. The minimum atomic E-state index is -0.220. The first-order valence-electron chi connectivity index (χ1n) is 6.05. The van der Waals surface area contributed by atoms with Crippen LogP contribution in [0, 0.1) is 11.7 Å². The molecule has 6 heteroatoms. The van der Waals surface area contributed by atoms with E-state index < -0.39 is 0 Å². The lowest BCUT2D eigenvalue weighted by atomic mass is 10.1. The minimum absolute atomic E-state index is 0.220. The summed E-state index contributed by atoms with van der Waals surface area (Å²) >= 11 is 4.86. The molecule has 0 aliphatic rings. The highest BCUT2D eigenvalue weighted by Gasteiger charge is 2.07. The van der Waals surface area contributed by atoms with Crippen LogP contribution in [0.3, 0.4) is 0 Å². The zero-order valence-electron chi connectivity index (χ0n) is 10.8. The number of anilines is 1. The van der Waals surface area contributed by atoms with Crippen LogP contribution in [0.2, 0.25) is 0 Å². The molecule has 2 rings (SSSR count). The van der Waals surface area contributed by atoms with E-state index in [1.54, 1.807) is 12.1 Å². The lowest BCUT2D eigenvalue weighted by Crippen LogP contribution is -2.01. The number of halogens is 2. The van der Waals surface area contributed by atoms with Crippen LogP contribution in [0.25, 0.3) is 0 Å². The Labute approximate surface area is 124 Å². The summed E-state index contributed by atoms with van der Waals surface area (Å²) in [5, 5.41) is 13.0. The Bertz CT molecular complexity index is 557. The summed E-state index contributed by atoms with van der Waals surface area (Å²) in [4.78, 5) is 0. The number of hydrogen-bond acceptors (Lipinski definition) is 4. The maximum absolute atomic E-state index is 13.6. The number of hydrogen-bond donors (Lipinski definition) is 1. The van der Waals surface area contributed by atoms with Gasteiger partial charge < -0.3 is 5.32 Å². The molecule has 0 unspecified atom stereocenters. The maximum atomic E-state index is 13.6. The molecule has 0 saturated heterocycles. The summed E-state index contributed by atoms with van der Waals surface area (Å²) in [5.74, 6) is 0.339. The van der Waals surface area contributed by atoms with Gasteiger partial charge in [0.15, 0.2) is 0 Å². The van der Waals surface area contributed by atoms with E-state index in [0.717, 1.165) is 21.0 Å². The second-order valence-electron chi connectivity index (χ2n) is 4.69. The highest BCUT2D eigenvalue weighted by Crippen LogP contribution is 2.20. The van der Waals surface area contributed by atoms with E-state index in [9.17, 15) is 4.39 Å². The first-order chi connectivity index (χ1) is 9.04. The SMILES string of the molecule is CC(C)Cc1nnc(NCc2cc(Br)ccc2F)s1. The van der Waals surface area contributed by atoms with Crippen molar-refractivity contribution in [3.05, 3.63) is 39.1 Å². The Morgan fingerprint density at radius 2 is 2.16 bits per heavy atom. The van der Waals surface area contributed by atoms with Gasteiger partial charge in [0.05, 0.1) is 0 Å². The normalized spacial score (nSPS) is 11.0. The third-order valence-electron chi connectivity index (χ3n) is 2.49. The molecule has 0 saturated carbocycles. The molecule has 3 nitrogen and oxygen atoms in total. The van der Waals surface area contributed by atoms with Crippen molar-refractivity contribution in [3.8, 4) is 0 Å².